The summed E-state index contributed by atoms with van der Waals surface area (Å²) in [7, 11) is 1.42. The number of benzene rings is 2. The van der Waals surface area contributed by atoms with Crippen LogP contribution in [0.15, 0.2) is 48.0 Å². The predicted octanol–water partition coefficient (Wildman–Crippen LogP) is 4.54. The Kier molecular flexibility index (Phi) is 7.81. The lowest BCUT2D eigenvalue weighted by Gasteiger charge is -2.22. The van der Waals surface area contributed by atoms with Gasteiger partial charge in [-0.1, -0.05) is 49.6 Å². The Hall–Kier alpha value is -3.86. The average Bonchev–Trinajstić information content (AvgIpc) is 2.82. The lowest BCUT2D eigenvalue weighted by molar-refractivity contribution is -0.385. The van der Waals surface area contributed by atoms with Crippen LogP contribution in [0.4, 0.5) is 5.69 Å². The number of nitrogens with one attached hydrogen (secondary N) is 1. The van der Waals surface area contributed by atoms with E-state index in [0.29, 0.717) is 0 Å². The molecular formula is C24H25N3O5. The molecular weight excluding hydrogens is 410 g/mol. The number of nitrogens with zero attached hydrogens (tertiary/aromatic N) is 2. The third-order valence-electron chi connectivity index (χ3n) is 5.35. The Morgan fingerprint density at radius 1 is 1.22 bits per heavy atom. The van der Waals surface area contributed by atoms with Gasteiger partial charge >= 0.3 is 0 Å². The van der Waals surface area contributed by atoms with Gasteiger partial charge in [0.05, 0.1) is 23.7 Å². The Balaban J connectivity index is 1.87. The fraction of sp³-hybridized carbons (Fsp3) is 0.333. The van der Waals surface area contributed by atoms with Crippen molar-refractivity contribution < 1.29 is 19.2 Å². The second-order valence-corrected chi connectivity index (χ2v) is 7.57. The SMILES string of the molecule is COc1cc(/C=C(\C#N)C(=O)NC2CCCCC2)c([N+](=O)[O-])cc1OCc1ccccc1. The highest BCUT2D eigenvalue weighted by Gasteiger charge is 2.22. The molecule has 0 saturated heterocycles. The van der Waals surface area contributed by atoms with Crippen molar-refractivity contribution in [1.29, 1.82) is 5.26 Å². The minimum atomic E-state index is -0.575. The molecule has 32 heavy (non-hydrogen) atoms. The van der Waals surface area contributed by atoms with Gasteiger partial charge in [-0.2, -0.15) is 5.26 Å². The van der Waals surface area contributed by atoms with Gasteiger partial charge in [0.15, 0.2) is 11.5 Å². The first-order valence-corrected chi connectivity index (χ1v) is 10.5. The lowest BCUT2D eigenvalue weighted by Crippen LogP contribution is -2.36. The quantitative estimate of drug-likeness (QED) is 0.282. The number of methoxy groups -OCH3 is 1. The summed E-state index contributed by atoms with van der Waals surface area (Å²) >= 11 is 0. The van der Waals surface area contributed by atoms with Crippen LogP contribution in [-0.2, 0) is 11.4 Å². The van der Waals surface area contributed by atoms with Gasteiger partial charge in [-0.15, -0.1) is 0 Å². The normalized spacial score (nSPS) is 14.3. The van der Waals surface area contributed by atoms with E-state index in [0.717, 1.165) is 37.7 Å². The highest BCUT2D eigenvalue weighted by Crippen LogP contribution is 2.36. The number of amides is 1. The molecule has 0 aromatic heterocycles. The van der Waals surface area contributed by atoms with Crippen molar-refractivity contribution >= 4 is 17.7 Å². The van der Waals surface area contributed by atoms with Crippen LogP contribution >= 0.6 is 0 Å². The number of ether oxygens (including phenoxy) is 2. The van der Waals surface area contributed by atoms with Gasteiger partial charge in [-0.25, -0.2) is 0 Å². The van der Waals surface area contributed by atoms with E-state index in [1.807, 2.05) is 36.4 Å². The molecule has 3 rings (SSSR count). The second-order valence-electron chi connectivity index (χ2n) is 7.57. The Morgan fingerprint density at radius 2 is 1.94 bits per heavy atom. The molecule has 0 radical (unpaired) electrons. The van der Waals surface area contributed by atoms with Gasteiger partial charge in [0, 0.05) is 6.04 Å². The van der Waals surface area contributed by atoms with Gasteiger partial charge in [-0.05, 0) is 30.5 Å². The van der Waals surface area contributed by atoms with Gasteiger partial charge in [0.2, 0.25) is 0 Å². The van der Waals surface area contributed by atoms with E-state index >= 15 is 0 Å². The predicted molar refractivity (Wildman–Crippen MR) is 119 cm³/mol. The van der Waals surface area contributed by atoms with Crippen molar-refractivity contribution in [3.63, 3.8) is 0 Å². The zero-order valence-corrected chi connectivity index (χ0v) is 17.9. The van der Waals surface area contributed by atoms with Crippen molar-refractivity contribution in [3.8, 4) is 17.6 Å². The van der Waals surface area contributed by atoms with Crippen LogP contribution in [-0.4, -0.2) is 24.0 Å². The Morgan fingerprint density at radius 3 is 2.56 bits per heavy atom. The molecule has 2 aromatic rings. The van der Waals surface area contributed by atoms with Gasteiger partial charge in [-0.3, -0.25) is 14.9 Å². The standard InChI is InChI=1S/C24H25N3O5/c1-31-22-13-18(12-19(15-25)24(28)26-20-10-6-3-7-11-20)21(27(29)30)14-23(22)32-16-17-8-4-2-5-9-17/h2,4-5,8-9,12-14,20H,3,6-7,10-11,16H2,1H3,(H,26,28)/b19-12+. The third-order valence-corrected chi connectivity index (χ3v) is 5.35. The largest absolute Gasteiger partial charge is 0.493 e. The zero-order chi connectivity index (χ0) is 22.9. The summed E-state index contributed by atoms with van der Waals surface area (Å²) in [6.07, 6.45) is 6.16. The van der Waals surface area contributed by atoms with E-state index in [1.165, 1.54) is 25.3 Å². The molecule has 8 nitrogen and oxygen atoms in total. The molecule has 2 aromatic carbocycles. The van der Waals surface area contributed by atoms with E-state index in [4.69, 9.17) is 9.47 Å². The summed E-state index contributed by atoms with van der Waals surface area (Å²) in [5.74, 6) is -0.0646. The van der Waals surface area contributed by atoms with E-state index in [1.54, 1.807) is 0 Å². The first-order valence-electron chi connectivity index (χ1n) is 10.5. The van der Waals surface area contributed by atoms with Crippen LogP contribution in [0.3, 0.4) is 0 Å². The van der Waals surface area contributed by atoms with Crippen LogP contribution < -0.4 is 14.8 Å². The van der Waals surface area contributed by atoms with Crippen LogP contribution in [0.25, 0.3) is 6.08 Å². The number of nitro groups is 1. The van der Waals surface area contributed by atoms with E-state index in [2.05, 4.69) is 5.32 Å². The number of hydrogen-bond donors (Lipinski definition) is 1. The average molecular weight is 435 g/mol. The summed E-state index contributed by atoms with van der Waals surface area (Å²) in [5.41, 5.74) is 0.507. The molecule has 1 N–H and O–H groups in total. The molecule has 0 heterocycles. The van der Waals surface area contributed by atoms with Gasteiger partial charge in [0.25, 0.3) is 11.6 Å². The number of nitriles is 1. The second kappa shape index (κ2) is 11.0. The molecule has 0 spiro atoms. The fourth-order valence-corrected chi connectivity index (χ4v) is 3.66. The summed E-state index contributed by atoms with van der Waals surface area (Å²) < 4.78 is 11.1. The maximum Gasteiger partial charge on any atom is 0.280 e. The summed E-state index contributed by atoms with van der Waals surface area (Å²) in [6.45, 7) is 0.205. The van der Waals surface area contributed by atoms with Crippen LogP contribution in [0.1, 0.15) is 43.2 Å². The van der Waals surface area contributed by atoms with E-state index in [9.17, 15) is 20.2 Å². The molecule has 0 aliphatic heterocycles. The Labute approximate surface area is 186 Å². The smallest absolute Gasteiger partial charge is 0.280 e. The molecule has 1 aliphatic carbocycles. The number of rotatable bonds is 8. The Bertz CT molecular complexity index is 1040. The molecule has 1 saturated carbocycles. The van der Waals surface area contributed by atoms with E-state index < -0.39 is 10.8 Å². The molecule has 166 valence electrons. The molecule has 0 bridgehead atoms. The fourth-order valence-electron chi connectivity index (χ4n) is 3.66. The van der Waals surface area contributed by atoms with E-state index in [-0.39, 0.29) is 41.0 Å². The monoisotopic (exact) mass is 435 g/mol. The molecule has 8 heteroatoms. The van der Waals surface area contributed by atoms with Crippen LogP contribution in [0.2, 0.25) is 0 Å². The lowest BCUT2D eigenvalue weighted by atomic mass is 9.95. The minimum absolute atomic E-state index is 0.0197. The summed E-state index contributed by atoms with van der Waals surface area (Å²) in [4.78, 5) is 23.7. The van der Waals surface area contributed by atoms with Crippen molar-refractivity contribution in [3.05, 3.63) is 69.3 Å². The first kappa shape index (κ1) is 22.8. The molecule has 0 unspecified atom stereocenters. The molecule has 1 fully saturated rings. The maximum atomic E-state index is 12.6. The minimum Gasteiger partial charge on any atom is -0.493 e. The third kappa shape index (κ3) is 5.85. The van der Waals surface area contributed by atoms with Crippen LogP contribution in [0.5, 0.6) is 11.5 Å². The summed E-state index contributed by atoms with van der Waals surface area (Å²) in [5, 5.41) is 24.1. The van der Waals surface area contributed by atoms with Crippen molar-refractivity contribution in [2.24, 2.45) is 0 Å². The van der Waals surface area contributed by atoms with Crippen molar-refractivity contribution in [2.75, 3.05) is 7.11 Å². The number of carbonyl (C=O) groups excluding carboxylic acids is 1. The maximum absolute atomic E-state index is 12.6. The first-order chi connectivity index (χ1) is 15.5. The molecule has 1 aliphatic rings. The van der Waals surface area contributed by atoms with Gasteiger partial charge < -0.3 is 14.8 Å². The zero-order valence-electron chi connectivity index (χ0n) is 17.9. The highest BCUT2D eigenvalue weighted by molar-refractivity contribution is 6.02. The molecule has 1 amide bonds. The molecule has 0 atom stereocenters. The summed E-state index contributed by atoms with van der Waals surface area (Å²) in [6, 6.07) is 13.9. The van der Waals surface area contributed by atoms with Crippen LogP contribution in [0, 0.1) is 21.4 Å². The number of hydrogen-bond acceptors (Lipinski definition) is 6. The van der Waals surface area contributed by atoms with Gasteiger partial charge in [0.1, 0.15) is 18.2 Å². The topological polar surface area (TPSA) is 114 Å². The van der Waals surface area contributed by atoms with Crippen molar-refractivity contribution in [1.82, 2.24) is 5.32 Å². The number of nitro benzene ring substituents is 1. The number of carbonyl (C=O) groups is 1. The van der Waals surface area contributed by atoms with Crippen molar-refractivity contribution in [2.45, 2.75) is 44.8 Å². The highest BCUT2D eigenvalue weighted by atomic mass is 16.6.